The number of nitrogens with one attached hydrogen (secondary N) is 1. The predicted molar refractivity (Wildman–Crippen MR) is 70.3 cm³/mol. The molecule has 0 saturated heterocycles. The Morgan fingerprint density at radius 3 is 2.95 bits per heavy atom. The number of benzene rings is 1. The molecular weight excluding hydrogens is 244 g/mol. The first-order valence-electron chi connectivity index (χ1n) is 5.77. The summed E-state index contributed by atoms with van der Waals surface area (Å²) in [6.07, 6.45) is 3.01. The fourth-order valence-corrected chi connectivity index (χ4v) is 2.07. The number of hydrogen-bond donors (Lipinski definition) is 1. The minimum absolute atomic E-state index is 0.304. The third kappa shape index (κ3) is 1.77. The molecule has 0 amide bonds. The van der Waals surface area contributed by atoms with Crippen molar-refractivity contribution in [3.8, 4) is 16.9 Å². The highest BCUT2D eigenvalue weighted by atomic mass is 16.5. The molecule has 0 aliphatic heterocycles. The lowest BCUT2D eigenvalue weighted by molar-refractivity contribution is 0.412. The summed E-state index contributed by atoms with van der Waals surface area (Å²) >= 11 is 0. The average molecular weight is 256 g/mol. The van der Waals surface area contributed by atoms with Crippen LogP contribution in [0.25, 0.3) is 16.8 Å². The number of methoxy groups -OCH3 is 1. The molecule has 0 spiro atoms. The molecule has 6 heteroatoms. The highest BCUT2D eigenvalue weighted by Gasteiger charge is 2.10. The summed E-state index contributed by atoms with van der Waals surface area (Å²) in [7, 11) is 1.64. The molecule has 1 N–H and O–H groups in total. The lowest BCUT2D eigenvalue weighted by atomic mass is 10.1. The number of aryl methyl sites for hydroxylation is 1. The number of rotatable bonds is 2. The lowest BCUT2D eigenvalue weighted by Crippen LogP contribution is -2.17. The summed E-state index contributed by atoms with van der Waals surface area (Å²) in [6.45, 7) is 1.97. The largest absolute Gasteiger partial charge is 0.496 e. The number of hydrogen-bond acceptors (Lipinski definition) is 4. The van der Waals surface area contributed by atoms with Crippen LogP contribution in [0.5, 0.6) is 5.75 Å². The van der Waals surface area contributed by atoms with E-state index in [1.54, 1.807) is 13.3 Å². The van der Waals surface area contributed by atoms with E-state index in [2.05, 4.69) is 15.1 Å². The zero-order chi connectivity index (χ0) is 13.4. The van der Waals surface area contributed by atoms with Gasteiger partial charge in [-0.2, -0.15) is 9.61 Å². The first-order chi connectivity index (χ1) is 9.20. The van der Waals surface area contributed by atoms with E-state index in [-0.39, 0.29) is 5.69 Å². The van der Waals surface area contributed by atoms with Gasteiger partial charge in [0, 0.05) is 5.56 Å². The zero-order valence-electron chi connectivity index (χ0n) is 10.5. The Balaban J connectivity index is 2.22. The van der Waals surface area contributed by atoms with Crippen LogP contribution in [0.4, 0.5) is 0 Å². The predicted octanol–water partition coefficient (Wildman–Crippen LogP) is 1.40. The SMILES string of the molecule is COc1ccc(-c2cnn3c(=O)[nH]cnc23)cc1C. The molecule has 0 radical (unpaired) electrons. The number of aromatic nitrogens is 4. The summed E-state index contributed by atoms with van der Waals surface area (Å²) in [4.78, 5) is 18.2. The molecule has 0 atom stereocenters. The van der Waals surface area contributed by atoms with Crippen LogP contribution in [-0.4, -0.2) is 26.7 Å². The molecule has 1 aromatic carbocycles. The maximum absolute atomic E-state index is 11.6. The Kier molecular flexibility index (Phi) is 2.56. The standard InChI is InChI=1S/C13H12N4O2/c1-8-5-9(3-4-11(8)19-2)10-6-16-17-12(10)14-7-15-13(17)18/h3-7H,1-2H3,(H,14,15,18). The second-order valence-corrected chi connectivity index (χ2v) is 4.19. The molecule has 2 heterocycles. The van der Waals surface area contributed by atoms with Gasteiger partial charge in [0.1, 0.15) is 5.75 Å². The monoisotopic (exact) mass is 256 g/mol. The fourth-order valence-electron chi connectivity index (χ4n) is 2.07. The van der Waals surface area contributed by atoms with Crippen molar-refractivity contribution in [3.05, 3.63) is 46.8 Å². The van der Waals surface area contributed by atoms with Gasteiger partial charge in [-0.25, -0.2) is 9.78 Å². The van der Waals surface area contributed by atoms with E-state index in [1.807, 2.05) is 25.1 Å². The molecule has 2 aromatic heterocycles. The third-order valence-electron chi connectivity index (χ3n) is 3.02. The van der Waals surface area contributed by atoms with E-state index in [9.17, 15) is 4.79 Å². The number of aromatic amines is 1. The van der Waals surface area contributed by atoms with Gasteiger partial charge in [0.25, 0.3) is 0 Å². The van der Waals surface area contributed by atoms with Crippen molar-refractivity contribution in [3.63, 3.8) is 0 Å². The number of nitrogens with zero attached hydrogens (tertiary/aromatic N) is 3. The van der Waals surface area contributed by atoms with Crippen LogP contribution in [0.3, 0.4) is 0 Å². The van der Waals surface area contributed by atoms with Crippen molar-refractivity contribution in [2.24, 2.45) is 0 Å². The van der Waals surface area contributed by atoms with Gasteiger partial charge in [0.15, 0.2) is 5.65 Å². The van der Waals surface area contributed by atoms with Gasteiger partial charge in [0.2, 0.25) is 0 Å². The zero-order valence-corrected chi connectivity index (χ0v) is 10.5. The maximum atomic E-state index is 11.6. The Morgan fingerprint density at radius 1 is 1.37 bits per heavy atom. The van der Waals surface area contributed by atoms with E-state index < -0.39 is 0 Å². The fraction of sp³-hybridized carbons (Fsp3) is 0.154. The molecule has 0 saturated carbocycles. The number of fused-ring (bicyclic) bond motifs is 1. The third-order valence-corrected chi connectivity index (χ3v) is 3.02. The molecule has 3 rings (SSSR count). The van der Waals surface area contributed by atoms with Gasteiger partial charge in [0.05, 0.1) is 19.6 Å². The summed E-state index contributed by atoms with van der Waals surface area (Å²) in [5, 5.41) is 4.05. The normalized spacial score (nSPS) is 10.8. The van der Waals surface area contributed by atoms with Crippen LogP contribution >= 0.6 is 0 Å². The van der Waals surface area contributed by atoms with Crippen molar-refractivity contribution >= 4 is 5.65 Å². The first-order valence-corrected chi connectivity index (χ1v) is 5.77. The van der Waals surface area contributed by atoms with E-state index >= 15 is 0 Å². The molecule has 6 nitrogen and oxygen atoms in total. The highest BCUT2D eigenvalue weighted by molar-refractivity contribution is 5.77. The summed E-state index contributed by atoms with van der Waals surface area (Å²) in [6, 6.07) is 5.80. The van der Waals surface area contributed by atoms with Crippen molar-refractivity contribution in [1.82, 2.24) is 19.6 Å². The van der Waals surface area contributed by atoms with Crippen molar-refractivity contribution in [2.45, 2.75) is 6.92 Å². The van der Waals surface area contributed by atoms with Gasteiger partial charge < -0.3 is 4.74 Å². The topological polar surface area (TPSA) is 72.3 Å². The van der Waals surface area contributed by atoms with E-state index in [4.69, 9.17) is 4.74 Å². The van der Waals surface area contributed by atoms with Crippen LogP contribution in [0.2, 0.25) is 0 Å². The van der Waals surface area contributed by atoms with Crippen molar-refractivity contribution in [1.29, 1.82) is 0 Å². The van der Waals surface area contributed by atoms with Crippen LogP contribution in [0.15, 0.2) is 35.5 Å². The molecule has 0 unspecified atom stereocenters. The molecule has 19 heavy (non-hydrogen) atoms. The molecule has 0 aliphatic rings. The van der Waals surface area contributed by atoms with Gasteiger partial charge in [-0.1, -0.05) is 6.07 Å². The second kappa shape index (κ2) is 4.24. The average Bonchev–Trinajstić information content (AvgIpc) is 2.84. The second-order valence-electron chi connectivity index (χ2n) is 4.19. The first kappa shape index (κ1) is 11.5. The van der Waals surface area contributed by atoms with Gasteiger partial charge in [-0.3, -0.25) is 4.98 Å². The minimum Gasteiger partial charge on any atom is -0.496 e. The smallest absolute Gasteiger partial charge is 0.349 e. The molecule has 3 aromatic rings. The molecule has 0 aliphatic carbocycles. The number of H-pyrrole nitrogens is 1. The highest BCUT2D eigenvalue weighted by Crippen LogP contribution is 2.27. The van der Waals surface area contributed by atoms with E-state index in [1.165, 1.54) is 10.8 Å². The summed E-state index contributed by atoms with van der Waals surface area (Å²) in [5.41, 5.74) is 3.02. The van der Waals surface area contributed by atoms with Crippen LogP contribution < -0.4 is 10.4 Å². The van der Waals surface area contributed by atoms with Gasteiger partial charge in [-0.05, 0) is 30.2 Å². The summed E-state index contributed by atoms with van der Waals surface area (Å²) in [5.74, 6) is 0.825. The molecular formula is C13H12N4O2. The lowest BCUT2D eigenvalue weighted by Gasteiger charge is -2.06. The quantitative estimate of drug-likeness (QED) is 0.752. The van der Waals surface area contributed by atoms with E-state index in [0.717, 1.165) is 22.4 Å². The van der Waals surface area contributed by atoms with Gasteiger partial charge in [-0.15, -0.1) is 0 Å². The van der Waals surface area contributed by atoms with Crippen molar-refractivity contribution in [2.75, 3.05) is 7.11 Å². The molecule has 0 fully saturated rings. The Bertz CT molecular complexity index is 804. The van der Waals surface area contributed by atoms with Crippen LogP contribution in [-0.2, 0) is 0 Å². The van der Waals surface area contributed by atoms with Gasteiger partial charge >= 0.3 is 5.69 Å². The maximum Gasteiger partial charge on any atom is 0.349 e. The minimum atomic E-state index is -0.304. The Hall–Kier alpha value is -2.63. The number of ether oxygens (including phenoxy) is 1. The molecule has 96 valence electrons. The molecule has 0 bridgehead atoms. The van der Waals surface area contributed by atoms with E-state index in [0.29, 0.717) is 5.65 Å². The summed E-state index contributed by atoms with van der Waals surface area (Å²) < 4.78 is 6.48. The Morgan fingerprint density at radius 2 is 2.21 bits per heavy atom. The van der Waals surface area contributed by atoms with Crippen LogP contribution in [0, 0.1) is 6.92 Å². The van der Waals surface area contributed by atoms with Crippen molar-refractivity contribution < 1.29 is 4.74 Å². The van der Waals surface area contributed by atoms with Crippen LogP contribution in [0.1, 0.15) is 5.56 Å². The Labute approximate surface area is 108 Å².